The molecule has 0 unspecified atom stereocenters. The molecule has 2 rings (SSSR count). The fourth-order valence-corrected chi connectivity index (χ4v) is 3.20. The highest BCUT2D eigenvalue weighted by Gasteiger charge is 2.26. The van der Waals surface area contributed by atoms with Gasteiger partial charge in [0.2, 0.25) is 5.91 Å². The second kappa shape index (κ2) is 10.9. The van der Waals surface area contributed by atoms with E-state index in [0.29, 0.717) is 13.0 Å². The van der Waals surface area contributed by atoms with Crippen molar-refractivity contribution in [2.24, 2.45) is 10.9 Å². The van der Waals surface area contributed by atoms with Gasteiger partial charge in [-0.2, -0.15) is 0 Å². The van der Waals surface area contributed by atoms with Crippen molar-refractivity contribution in [3.05, 3.63) is 28.7 Å². The Labute approximate surface area is 168 Å². The van der Waals surface area contributed by atoms with Gasteiger partial charge >= 0.3 is 5.97 Å². The Balaban J connectivity index is 1.83. The number of esters is 1. The third-order valence-electron chi connectivity index (χ3n) is 4.39. The molecule has 2 N–H and O–H groups in total. The topological polar surface area (TPSA) is 83.0 Å². The zero-order chi connectivity index (χ0) is 19.6. The number of guanidine groups is 1. The third kappa shape index (κ3) is 6.86. The Bertz CT molecular complexity index is 655. The van der Waals surface area contributed by atoms with Gasteiger partial charge in [-0.25, -0.2) is 0 Å². The predicted molar refractivity (Wildman–Crippen MR) is 110 cm³/mol. The van der Waals surface area contributed by atoms with Crippen LogP contribution in [0.3, 0.4) is 0 Å². The summed E-state index contributed by atoms with van der Waals surface area (Å²) < 4.78 is 5.80. The average Bonchev–Trinajstić information content (AvgIpc) is 2.68. The summed E-state index contributed by atoms with van der Waals surface area (Å²) in [6, 6.07) is 7.46. The maximum Gasteiger partial charge on any atom is 0.308 e. The van der Waals surface area contributed by atoms with Gasteiger partial charge in [-0.3, -0.25) is 14.6 Å². The lowest BCUT2D eigenvalue weighted by molar-refractivity contribution is -0.146. The number of amides is 1. The number of hydrogen-bond acceptors (Lipinski definition) is 4. The highest BCUT2D eigenvalue weighted by molar-refractivity contribution is 9.10. The first-order chi connectivity index (χ1) is 13.0. The number of likely N-dealkylation sites (tertiary alicyclic amines) is 1. The van der Waals surface area contributed by atoms with Crippen LogP contribution in [0.5, 0.6) is 0 Å². The highest BCUT2D eigenvalue weighted by Crippen LogP contribution is 2.18. The number of piperidine rings is 1. The summed E-state index contributed by atoms with van der Waals surface area (Å²) in [5.74, 6) is 0.547. The molecule has 1 aromatic carbocycles. The number of nitrogens with one attached hydrogen (secondary N) is 2. The van der Waals surface area contributed by atoms with Crippen LogP contribution < -0.4 is 10.6 Å². The first-order valence-electron chi connectivity index (χ1n) is 9.20. The number of benzene rings is 1. The van der Waals surface area contributed by atoms with Crippen molar-refractivity contribution in [2.45, 2.75) is 26.2 Å². The predicted octanol–water partition coefficient (Wildman–Crippen LogP) is 2.63. The van der Waals surface area contributed by atoms with E-state index in [1.807, 2.05) is 31.2 Å². The summed E-state index contributed by atoms with van der Waals surface area (Å²) in [4.78, 5) is 30.4. The molecule has 0 bridgehead atoms. The van der Waals surface area contributed by atoms with Crippen LogP contribution >= 0.6 is 15.9 Å². The van der Waals surface area contributed by atoms with Gasteiger partial charge in [0.15, 0.2) is 5.96 Å². The fourth-order valence-electron chi connectivity index (χ4n) is 2.94. The number of halogens is 1. The summed E-state index contributed by atoms with van der Waals surface area (Å²) in [5.41, 5.74) is 0.768. The zero-order valence-electron chi connectivity index (χ0n) is 15.8. The summed E-state index contributed by atoms with van der Waals surface area (Å²) in [6.07, 6.45) is 1.81. The smallest absolute Gasteiger partial charge is 0.308 e. The van der Waals surface area contributed by atoms with Gasteiger partial charge in [-0.05, 0) is 44.0 Å². The molecule has 1 aromatic rings. The van der Waals surface area contributed by atoms with Crippen LogP contribution in [0, 0.1) is 5.92 Å². The second-order valence-electron chi connectivity index (χ2n) is 6.33. The minimum atomic E-state index is -0.138. The minimum absolute atomic E-state index is 0.0363. The molecule has 0 atom stereocenters. The van der Waals surface area contributed by atoms with Crippen molar-refractivity contribution in [3.8, 4) is 0 Å². The van der Waals surface area contributed by atoms with E-state index in [1.165, 1.54) is 7.11 Å². The molecule has 1 fully saturated rings. The largest absolute Gasteiger partial charge is 0.469 e. The number of anilines is 1. The molecule has 0 aliphatic carbocycles. The lowest BCUT2D eigenvalue weighted by Gasteiger charge is -2.33. The lowest BCUT2D eigenvalue weighted by Crippen LogP contribution is -2.46. The molecule has 7 nitrogen and oxygen atoms in total. The number of nitrogens with zero attached hydrogens (tertiary/aromatic N) is 2. The Morgan fingerprint density at radius 1 is 1.26 bits per heavy atom. The number of methoxy groups -OCH3 is 1. The molecule has 0 saturated carbocycles. The van der Waals surface area contributed by atoms with Crippen LogP contribution in [0.4, 0.5) is 5.69 Å². The Kier molecular flexibility index (Phi) is 8.57. The first-order valence-corrected chi connectivity index (χ1v) is 9.99. The molecule has 1 aliphatic heterocycles. The van der Waals surface area contributed by atoms with Gasteiger partial charge in [-0.15, -0.1) is 0 Å². The van der Waals surface area contributed by atoms with Crippen molar-refractivity contribution >= 4 is 39.5 Å². The van der Waals surface area contributed by atoms with E-state index in [0.717, 1.165) is 48.6 Å². The number of ether oxygens (including phenoxy) is 1. The van der Waals surface area contributed by atoms with Crippen molar-refractivity contribution in [1.29, 1.82) is 0 Å². The monoisotopic (exact) mass is 438 g/mol. The molecule has 148 valence electrons. The lowest BCUT2D eigenvalue weighted by atomic mass is 9.97. The summed E-state index contributed by atoms with van der Waals surface area (Å²) in [7, 11) is 1.43. The van der Waals surface area contributed by atoms with Crippen molar-refractivity contribution in [2.75, 3.05) is 38.6 Å². The van der Waals surface area contributed by atoms with Gasteiger partial charge in [-0.1, -0.05) is 15.9 Å². The number of aliphatic imine (C=N–C) groups is 1. The molecule has 27 heavy (non-hydrogen) atoms. The van der Waals surface area contributed by atoms with Crippen LogP contribution in [0.1, 0.15) is 26.2 Å². The quantitative estimate of drug-likeness (QED) is 0.405. The normalized spacial score (nSPS) is 15.4. The Morgan fingerprint density at radius 3 is 2.52 bits per heavy atom. The maximum atomic E-state index is 12.1. The zero-order valence-corrected chi connectivity index (χ0v) is 17.4. The Morgan fingerprint density at radius 2 is 1.93 bits per heavy atom. The standard InChI is InChI=1S/C19H27BrN4O3/c1-3-21-19(24-12-9-14(10-13-24)18(26)27-2)22-11-8-17(25)23-16-6-4-15(20)5-7-16/h4-7,14H,3,8-13H2,1-2H3,(H,21,22)(H,23,25). The van der Waals surface area contributed by atoms with E-state index in [1.54, 1.807) is 0 Å². The van der Waals surface area contributed by atoms with Gasteiger partial charge in [0.25, 0.3) is 0 Å². The maximum absolute atomic E-state index is 12.1. The number of carbonyl (C=O) groups excluding carboxylic acids is 2. The van der Waals surface area contributed by atoms with Crippen LogP contribution in [0.15, 0.2) is 33.7 Å². The summed E-state index contributed by atoms with van der Waals surface area (Å²) >= 11 is 3.37. The first kappa shape index (κ1) is 21.2. The van der Waals surface area contributed by atoms with E-state index in [-0.39, 0.29) is 17.8 Å². The molecular formula is C19H27BrN4O3. The number of hydrogen-bond donors (Lipinski definition) is 2. The van der Waals surface area contributed by atoms with Crippen LogP contribution in [0.25, 0.3) is 0 Å². The molecule has 0 aromatic heterocycles. The minimum Gasteiger partial charge on any atom is -0.469 e. The van der Waals surface area contributed by atoms with E-state index in [9.17, 15) is 9.59 Å². The molecule has 1 amide bonds. The van der Waals surface area contributed by atoms with Crippen molar-refractivity contribution in [3.63, 3.8) is 0 Å². The van der Waals surface area contributed by atoms with Gasteiger partial charge in [0.05, 0.1) is 19.6 Å². The number of carbonyl (C=O) groups is 2. The van der Waals surface area contributed by atoms with Gasteiger partial charge in [0.1, 0.15) is 0 Å². The molecular weight excluding hydrogens is 412 g/mol. The molecule has 1 saturated heterocycles. The van der Waals surface area contributed by atoms with Crippen LogP contribution in [-0.4, -0.2) is 56.0 Å². The van der Waals surface area contributed by atoms with Crippen molar-refractivity contribution < 1.29 is 14.3 Å². The van der Waals surface area contributed by atoms with Crippen LogP contribution in [-0.2, 0) is 14.3 Å². The SMILES string of the molecule is CCNC(=NCCC(=O)Nc1ccc(Br)cc1)N1CCC(C(=O)OC)CC1. The molecule has 0 radical (unpaired) electrons. The van der Waals surface area contributed by atoms with E-state index >= 15 is 0 Å². The average molecular weight is 439 g/mol. The molecule has 1 aliphatic rings. The Hall–Kier alpha value is -2.09. The summed E-state index contributed by atoms with van der Waals surface area (Å²) in [5, 5.41) is 6.13. The fraction of sp³-hybridized carbons (Fsp3) is 0.526. The van der Waals surface area contributed by atoms with Crippen molar-refractivity contribution in [1.82, 2.24) is 10.2 Å². The third-order valence-corrected chi connectivity index (χ3v) is 4.92. The molecule has 8 heteroatoms. The summed E-state index contributed by atoms with van der Waals surface area (Å²) in [6.45, 7) is 4.66. The molecule has 0 spiro atoms. The molecule has 1 heterocycles. The van der Waals surface area contributed by atoms with Gasteiger partial charge in [0, 0.05) is 36.2 Å². The van der Waals surface area contributed by atoms with Crippen LogP contribution in [0.2, 0.25) is 0 Å². The van der Waals surface area contributed by atoms with E-state index < -0.39 is 0 Å². The highest BCUT2D eigenvalue weighted by atomic mass is 79.9. The van der Waals surface area contributed by atoms with E-state index in [2.05, 4.69) is 36.5 Å². The second-order valence-corrected chi connectivity index (χ2v) is 7.24. The van der Waals surface area contributed by atoms with E-state index in [4.69, 9.17) is 4.74 Å². The van der Waals surface area contributed by atoms with Gasteiger partial charge < -0.3 is 20.3 Å². The number of rotatable bonds is 6.